The lowest BCUT2D eigenvalue weighted by molar-refractivity contribution is -0.129. The maximum Gasteiger partial charge on any atom is 0.219 e. The van der Waals surface area contributed by atoms with Gasteiger partial charge in [-0.15, -0.1) is 0 Å². The zero-order valence-electron chi connectivity index (χ0n) is 16.5. The van der Waals surface area contributed by atoms with Crippen LogP contribution in [0.4, 0.5) is 5.82 Å². The van der Waals surface area contributed by atoms with E-state index in [1.165, 1.54) is 29.5 Å². The van der Waals surface area contributed by atoms with Gasteiger partial charge in [-0.05, 0) is 44.2 Å². The second-order valence-electron chi connectivity index (χ2n) is 7.85. The molecule has 2 aliphatic rings. The number of aromatic nitrogens is 2. The number of piperidine rings is 1. The molecule has 5 nitrogen and oxygen atoms in total. The van der Waals surface area contributed by atoms with E-state index in [1.807, 2.05) is 11.8 Å². The van der Waals surface area contributed by atoms with E-state index in [4.69, 9.17) is 4.98 Å². The molecular formula is C22H28N4O. The van der Waals surface area contributed by atoms with Crippen LogP contribution in [0.1, 0.15) is 53.9 Å². The third-order valence-electron chi connectivity index (χ3n) is 5.95. The fraction of sp³-hybridized carbons (Fsp3) is 0.500. The number of hydrogen-bond donors (Lipinski definition) is 0. The summed E-state index contributed by atoms with van der Waals surface area (Å²) in [5.74, 6) is 2.56. The first-order valence-electron chi connectivity index (χ1n) is 9.95. The molecule has 2 aromatic rings. The summed E-state index contributed by atoms with van der Waals surface area (Å²) in [6.45, 7) is 9.22. The summed E-state index contributed by atoms with van der Waals surface area (Å²) in [4.78, 5) is 25.6. The van der Waals surface area contributed by atoms with E-state index in [-0.39, 0.29) is 5.91 Å². The maximum absolute atomic E-state index is 11.8. The minimum absolute atomic E-state index is 0.121. The molecule has 0 spiro atoms. The van der Waals surface area contributed by atoms with Gasteiger partial charge < -0.3 is 9.80 Å². The van der Waals surface area contributed by atoms with E-state index in [0.717, 1.165) is 43.4 Å². The Bertz CT molecular complexity index is 863. The van der Waals surface area contributed by atoms with Gasteiger partial charge in [0.25, 0.3) is 0 Å². The Kier molecular flexibility index (Phi) is 4.85. The number of amides is 1. The number of hydrogen-bond acceptors (Lipinski definition) is 4. The summed E-state index contributed by atoms with van der Waals surface area (Å²) in [5, 5.41) is 0. The summed E-state index contributed by atoms with van der Waals surface area (Å²) in [6, 6.07) is 8.74. The van der Waals surface area contributed by atoms with Crippen LogP contribution < -0.4 is 4.90 Å². The van der Waals surface area contributed by atoms with E-state index in [1.54, 1.807) is 6.92 Å². The van der Waals surface area contributed by atoms with Crippen LogP contribution in [-0.2, 0) is 17.8 Å². The van der Waals surface area contributed by atoms with Crippen molar-refractivity contribution in [1.29, 1.82) is 0 Å². The van der Waals surface area contributed by atoms with Crippen molar-refractivity contribution in [1.82, 2.24) is 14.9 Å². The van der Waals surface area contributed by atoms with Gasteiger partial charge in [0.15, 0.2) is 0 Å². The molecule has 0 saturated carbocycles. The number of nitrogens with zero attached hydrogens (tertiary/aromatic N) is 4. The third-order valence-corrected chi connectivity index (χ3v) is 5.95. The molecule has 0 bridgehead atoms. The Hall–Kier alpha value is -2.43. The number of benzene rings is 1. The maximum atomic E-state index is 11.8. The summed E-state index contributed by atoms with van der Waals surface area (Å²) < 4.78 is 0. The minimum atomic E-state index is 0.121. The van der Waals surface area contributed by atoms with Crippen LogP contribution in [0.2, 0.25) is 0 Å². The van der Waals surface area contributed by atoms with Crippen molar-refractivity contribution < 1.29 is 4.79 Å². The van der Waals surface area contributed by atoms with Gasteiger partial charge >= 0.3 is 0 Å². The summed E-state index contributed by atoms with van der Waals surface area (Å²) >= 11 is 0. The van der Waals surface area contributed by atoms with Crippen molar-refractivity contribution in [3.8, 4) is 0 Å². The fourth-order valence-corrected chi connectivity index (χ4v) is 4.53. The lowest BCUT2D eigenvalue weighted by Gasteiger charge is -2.37. The molecule has 0 aliphatic carbocycles. The molecule has 4 rings (SSSR count). The monoisotopic (exact) mass is 364 g/mol. The minimum Gasteiger partial charge on any atom is -0.356 e. The fourth-order valence-electron chi connectivity index (χ4n) is 4.53. The normalized spacial score (nSPS) is 19.7. The highest BCUT2D eigenvalue weighted by Gasteiger charge is 2.29. The van der Waals surface area contributed by atoms with Gasteiger partial charge in [-0.1, -0.05) is 24.3 Å². The number of anilines is 1. The third kappa shape index (κ3) is 3.55. The SMILES string of the molecule is CC(=O)N1CCc2c(nc(C)nc2N2CCCC(c3ccccc3C)C2)C1. The molecule has 2 aliphatic heterocycles. The van der Waals surface area contributed by atoms with Gasteiger partial charge in [-0.2, -0.15) is 0 Å². The topological polar surface area (TPSA) is 49.3 Å². The molecule has 1 amide bonds. The van der Waals surface area contributed by atoms with E-state index in [9.17, 15) is 4.79 Å². The first-order valence-corrected chi connectivity index (χ1v) is 9.95. The standard InChI is InChI=1S/C22H28N4O/c1-15-7-4-5-9-19(15)18-8-6-11-26(13-18)22-20-10-12-25(17(3)27)14-21(20)23-16(2)24-22/h4-5,7,9,18H,6,8,10-14H2,1-3H3. The smallest absolute Gasteiger partial charge is 0.219 e. The Labute approximate surface area is 161 Å². The molecule has 27 heavy (non-hydrogen) atoms. The molecule has 3 heterocycles. The van der Waals surface area contributed by atoms with Crippen LogP contribution in [0.25, 0.3) is 0 Å². The second kappa shape index (κ2) is 7.29. The van der Waals surface area contributed by atoms with Crippen LogP contribution in [0.3, 0.4) is 0 Å². The highest BCUT2D eigenvalue weighted by atomic mass is 16.2. The van der Waals surface area contributed by atoms with Gasteiger partial charge in [0.05, 0.1) is 12.2 Å². The molecule has 1 aromatic carbocycles. The van der Waals surface area contributed by atoms with Crippen LogP contribution in [-0.4, -0.2) is 40.4 Å². The highest BCUT2D eigenvalue weighted by Crippen LogP contribution is 2.34. The Morgan fingerprint density at radius 1 is 1.15 bits per heavy atom. The number of aryl methyl sites for hydroxylation is 2. The summed E-state index contributed by atoms with van der Waals surface area (Å²) in [7, 11) is 0. The van der Waals surface area contributed by atoms with Crippen LogP contribution >= 0.6 is 0 Å². The average Bonchev–Trinajstić information content (AvgIpc) is 2.67. The van der Waals surface area contributed by atoms with Crippen LogP contribution in [0.15, 0.2) is 24.3 Å². The number of carbonyl (C=O) groups excluding carboxylic acids is 1. The van der Waals surface area contributed by atoms with Gasteiger partial charge in [-0.3, -0.25) is 4.79 Å². The van der Waals surface area contributed by atoms with E-state index in [0.29, 0.717) is 12.5 Å². The molecule has 5 heteroatoms. The van der Waals surface area contributed by atoms with Crippen molar-refractivity contribution in [3.05, 3.63) is 52.5 Å². The first-order chi connectivity index (χ1) is 13.0. The van der Waals surface area contributed by atoms with Crippen molar-refractivity contribution in [3.63, 3.8) is 0 Å². The van der Waals surface area contributed by atoms with Crippen molar-refractivity contribution in [2.24, 2.45) is 0 Å². The zero-order valence-corrected chi connectivity index (χ0v) is 16.5. The van der Waals surface area contributed by atoms with E-state index >= 15 is 0 Å². The van der Waals surface area contributed by atoms with Gasteiger partial charge in [-0.25, -0.2) is 9.97 Å². The van der Waals surface area contributed by atoms with Gasteiger partial charge in [0, 0.05) is 38.0 Å². The lowest BCUT2D eigenvalue weighted by Crippen LogP contribution is -2.39. The molecule has 142 valence electrons. The Morgan fingerprint density at radius 3 is 2.74 bits per heavy atom. The van der Waals surface area contributed by atoms with Crippen molar-refractivity contribution >= 4 is 11.7 Å². The Morgan fingerprint density at radius 2 is 1.96 bits per heavy atom. The number of carbonyl (C=O) groups is 1. The molecule has 1 unspecified atom stereocenters. The number of fused-ring (bicyclic) bond motifs is 1. The molecule has 1 saturated heterocycles. The largest absolute Gasteiger partial charge is 0.356 e. The molecule has 1 atom stereocenters. The van der Waals surface area contributed by atoms with Gasteiger partial charge in [0.2, 0.25) is 5.91 Å². The van der Waals surface area contributed by atoms with Crippen molar-refractivity contribution in [2.45, 2.75) is 52.5 Å². The predicted octanol–water partition coefficient (Wildman–Crippen LogP) is 3.38. The molecule has 0 radical (unpaired) electrons. The summed E-state index contributed by atoms with van der Waals surface area (Å²) in [5.41, 5.74) is 5.10. The van der Waals surface area contributed by atoms with E-state index < -0.39 is 0 Å². The Balaban J connectivity index is 1.64. The predicted molar refractivity (Wildman–Crippen MR) is 107 cm³/mol. The molecule has 1 aromatic heterocycles. The van der Waals surface area contributed by atoms with Crippen LogP contribution in [0, 0.1) is 13.8 Å². The lowest BCUT2D eigenvalue weighted by atomic mass is 9.87. The number of rotatable bonds is 2. The molecule has 0 N–H and O–H groups in total. The molecule has 1 fully saturated rings. The second-order valence-corrected chi connectivity index (χ2v) is 7.85. The van der Waals surface area contributed by atoms with E-state index in [2.05, 4.69) is 41.1 Å². The molecular weight excluding hydrogens is 336 g/mol. The zero-order chi connectivity index (χ0) is 19.0. The van der Waals surface area contributed by atoms with Gasteiger partial charge in [0.1, 0.15) is 11.6 Å². The van der Waals surface area contributed by atoms with Crippen LogP contribution in [0.5, 0.6) is 0 Å². The first kappa shape index (κ1) is 18.0. The average molecular weight is 364 g/mol. The van der Waals surface area contributed by atoms with Crippen molar-refractivity contribution in [2.75, 3.05) is 24.5 Å². The summed E-state index contributed by atoms with van der Waals surface area (Å²) in [6.07, 6.45) is 3.25. The highest BCUT2D eigenvalue weighted by molar-refractivity contribution is 5.73. The quantitative estimate of drug-likeness (QED) is 0.820.